The number of benzene rings is 1. The zero-order valence-corrected chi connectivity index (χ0v) is 12.4. The second-order valence-corrected chi connectivity index (χ2v) is 6.01. The molecule has 6 heteroatoms. The molecule has 1 atom stereocenters. The molecule has 0 aliphatic carbocycles. The van der Waals surface area contributed by atoms with Crippen LogP contribution in [0.1, 0.15) is 31.1 Å². The van der Waals surface area contributed by atoms with Gasteiger partial charge >= 0.3 is 5.97 Å². The summed E-state index contributed by atoms with van der Waals surface area (Å²) in [5, 5.41) is 11.5. The molecule has 4 nitrogen and oxygen atoms in total. The molecule has 0 aromatic heterocycles. The second-order valence-electron chi connectivity index (χ2n) is 5.21. The zero-order chi connectivity index (χ0) is 14.8. The molecule has 0 radical (unpaired) electrons. The molecular formula is C13H15BrFNO3. The monoisotopic (exact) mass is 331 g/mol. The van der Waals surface area contributed by atoms with E-state index in [0.29, 0.717) is 0 Å². The first-order valence-electron chi connectivity index (χ1n) is 5.62. The van der Waals surface area contributed by atoms with Crippen LogP contribution in [0.3, 0.4) is 0 Å². The molecule has 1 unspecified atom stereocenters. The number of rotatable bonds is 3. The lowest BCUT2D eigenvalue weighted by Gasteiger charge is -2.27. The van der Waals surface area contributed by atoms with E-state index < -0.39 is 29.2 Å². The van der Waals surface area contributed by atoms with Crippen LogP contribution in [0.4, 0.5) is 4.39 Å². The van der Waals surface area contributed by atoms with Gasteiger partial charge in [0.1, 0.15) is 11.9 Å². The summed E-state index contributed by atoms with van der Waals surface area (Å²) in [5.74, 6) is -2.34. The van der Waals surface area contributed by atoms with Gasteiger partial charge in [0.15, 0.2) is 0 Å². The van der Waals surface area contributed by atoms with Gasteiger partial charge in [-0.15, -0.1) is 0 Å². The molecule has 1 rings (SSSR count). The van der Waals surface area contributed by atoms with E-state index in [4.69, 9.17) is 5.11 Å². The summed E-state index contributed by atoms with van der Waals surface area (Å²) >= 11 is 2.97. The van der Waals surface area contributed by atoms with E-state index in [1.165, 1.54) is 18.2 Å². The highest BCUT2D eigenvalue weighted by molar-refractivity contribution is 9.10. The number of aliphatic carboxylic acids is 1. The first-order valence-corrected chi connectivity index (χ1v) is 6.41. The first-order chi connectivity index (χ1) is 8.64. The van der Waals surface area contributed by atoms with Crippen LogP contribution in [0.5, 0.6) is 0 Å². The van der Waals surface area contributed by atoms with E-state index in [1.807, 2.05) is 0 Å². The van der Waals surface area contributed by atoms with Gasteiger partial charge in [-0.25, -0.2) is 9.18 Å². The molecule has 0 aliphatic heterocycles. The number of amides is 1. The fraction of sp³-hybridized carbons (Fsp3) is 0.385. The third-order valence-electron chi connectivity index (χ3n) is 2.58. The zero-order valence-electron chi connectivity index (χ0n) is 10.8. The van der Waals surface area contributed by atoms with Crippen molar-refractivity contribution in [1.29, 1.82) is 0 Å². The van der Waals surface area contributed by atoms with Gasteiger partial charge < -0.3 is 10.4 Å². The molecule has 0 aliphatic rings. The van der Waals surface area contributed by atoms with Crippen LogP contribution in [-0.2, 0) is 4.79 Å². The molecule has 0 bridgehead atoms. The molecule has 19 heavy (non-hydrogen) atoms. The Labute approximate surface area is 119 Å². The Morgan fingerprint density at radius 3 is 2.42 bits per heavy atom. The van der Waals surface area contributed by atoms with Gasteiger partial charge in [-0.05, 0) is 33.5 Å². The third-order valence-corrected chi connectivity index (χ3v) is 3.39. The summed E-state index contributed by atoms with van der Waals surface area (Å²) in [6.07, 6.45) is 0. The highest BCUT2D eigenvalue weighted by atomic mass is 79.9. The number of carbonyl (C=O) groups excluding carboxylic acids is 1. The van der Waals surface area contributed by atoms with Gasteiger partial charge in [-0.2, -0.15) is 0 Å². The molecule has 0 heterocycles. The molecule has 0 saturated heterocycles. The van der Waals surface area contributed by atoms with Gasteiger partial charge in [0, 0.05) is 0 Å². The van der Waals surface area contributed by atoms with Crippen LogP contribution in [-0.4, -0.2) is 23.0 Å². The molecule has 1 aromatic carbocycles. The minimum absolute atomic E-state index is 0.0190. The van der Waals surface area contributed by atoms with E-state index >= 15 is 0 Å². The van der Waals surface area contributed by atoms with Crippen molar-refractivity contribution < 1.29 is 19.1 Å². The van der Waals surface area contributed by atoms with Crippen molar-refractivity contribution in [2.45, 2.75) is 26.8 Å². The molecule has 0 spiro atoms. The Morgan fingerprint density at radius 1 is 1.37 bits per heavy atom. The Bertz CT molecular complexity index is 511. The summed E-state index contributed by atoms with van der Waals surface area (Å²) in [5.41, 5.74) is -0.586. The van der Waals surface area contributed by atoms with Gasteiger partial charge in [0.05, 0.1) is 10.0 Å². The number of carboxylic acids is 1. The highest BCUT2D eigenvalue weighted by Crippen LogP contribution is 2.23. The number of halogens is 2. The van der Waals surface area contributed by atoms with Crippen molar-refractivity contribution in [2.75, 3.05) is 0 Å². The molecule has 104 valence electrons. The van der Waals surface area contributed by atoms with Crippen LogP contribution >= 0.6 is 15.9 Å². The normalized spacial score (nSPS) is 12.9. The summed E-state index contributed by atoms with van der Waals surface area (Å²) in [4.78, 5) is 23.2. The van der Waals surface area contributed by atoms with E-state index in [0.717, 1.165) is 0 Å². The Kier molecular flexibility index (Phi) is 4.68. The standard InChI is InChI=1S/C13H15BrFNO3/c1-13(2,3)10(12(18)19)16-11(17)7-5-4-6-8(15)9(7)14/h4-6,10H,1-3H3,(H,16,17)(H,18,19). The minimum atomic E-state index is -1.13. The summed E-state index contributed by atoms with van der Waals surface area (Å²) in [6, 6.07) is 2.96. The third kappa shape index (κ3) is 3.76. The molecule has 0 saturated carbocycles. The van der Waals surface area contributed by atoms with E-state index in [9.17, 15) is 14.0 Å². The smallest absolute Gasteiger partial charge is 0.326 e. The summed E-state index contributed by atoms with van der Waals surface area (Å²) in [7, 11) is 0. The maximum atomic E-state index is 13.3. The van der Waals surface area contributed by atoms with Gasteiger partial charge in [0.25, 0.3) is 5.91 Å². The topological polar surface area (TPSA) is 66.4 Å². The van der Waals surface area contributed by atoms with E-state index in [1.54, 1.807) is 20.8 Å². The lowest BCUT2D eigenvalue weighted by Crippen LogP contribution is -2.49. The summed E-state index contributed by atoms with van der Waals surface area (Å²) < 4.78 is 13.3. The quantitative estimate of drug-likeness (QED) is 0.894. The fourth-order valence-electron chi connectivity index (χ4n) is 1.54. The van der Waals surface area contributed by atoms with Crippen LogP contribution in [0.25, 0.3) is 0 Å². The van der Waals surface area contributed by atoms with Crippen LogP contribution in [0.15, 0.2) is 22.7 Å². The number of hydrogen-bond donors (Lipinski definition) is 2. The Morgan fingerprint density at radius 2 is 1.95 bits per heavy atom. The SMILES string of the molecule is CC(C)(C)C(NC(=O)c1cccc(F)c1Br)C(=O)O. The maximum Gasteiger partial charge on any atom is 0.326 e. The van der Waals surface area contributed by atoms with Crippen molar-refractivity contribution in [3.05, 3.63) is 34.1 Å². The van der Waals surface area contributed by atoms with Crippen molar-refractivity contribution in [3.8, 4) is 0 Å². The van der Waals surface area contributed by atoms with Crippen molar-refractivity contribution >= 4 is 27.8 Å². The number of carboxylic acid groups (broad SMARTS) is 1. The molecule has 2 N–H and O–H groups in total. The fourth-order valence-corrected chi connectivity index (χ4v) is 1.98. The maximum absolute atomic E-state index is 13.3. The van der Waals surface area contributed by atoms with Gasteiger partial charge in [-0.1, -0.05) is 26.8 Å². The van der Waals surface area contributed by atoms with Gasteiger partial charge in [-0.3, -0.25) is 4.79 Å². The van der Waals surface area contributed by atoms with Crippen LogP contribution in [0.2, 0.25) is 0 Å². The Balaban J connectivity index is 3.02. The lowest BCUT2D eigenvalue weighted by atomic mass is 9.86. The largest absolute Gasteiger partial charge is 0.480 e. The minimum Gasteiger partial charge on any atom is -0.480 e. The molecule has 0 fully saturated rings. The average Bonchev–Trinajstić information content (AvgIpc) is 2.27. The average molecular weight is 332 g/mol. The van der Waals surface area contributed by atoms with E-state index in [2.05, 4.69) is 21.2 Å². The number of hydrogen-bond acceptors (Lipinski definition) is 2. The number of nitrogens with one attached hydrogen (secondary N) is 1. The van der Waals surface area contributed by atoms with Gasteiger partial charge in [0.2, 0.25) is 0 Å². The van der Waals surface area contributed by atoms with Crippen molar-refractivity contribution in [2.24, 2.45) is 5.41 Å². The van der Waals surface area contributed by atoms with E-state index in [-0.39, 0.29) is 10.0 Å². The predicted octanol–water partition coefficient (Wildman–Crippen LogP) is 2.82. The number of carbonyl (C=O) groups is 2. The second kappa shape index (κ2) is 5.69. The highest BCUT2D eigenvalue weighted by Gasteiger charge is 2.33. The molecular weight excluding hydrogens is 317 g/mol. The Hall–Kier alpha value is -1.43. The molecule has 1 amide bonds. The van der Waals surface area contributed by atoms with Crippen molar-refractivity contribution in [1.82, 2.24) is 5.32 Å². The van der Waals surface area contributed by atoms with Crippen LogP contribution < -0.4 is 5.32 Å². The summed E-state index contributed by atoms with van der Waals surface area (Å²) in [6.45, 7) is 5.10. The lowest BCUT2D eigenvalue weighted by molar-refractivity contribution is -0.142. The van der Waals surface area contributed by atoms with Crippen molar-refractivity contribution in [3.63, 3.8) is 0 Å². The predicted molar refractivity (Wildman–Crippen MR) is 72.4 cm³/mol. The first kappa shape index (κ1) is 15.6. The molecule has 1 aromatic rings. The van der Waals surface area contributed by atoms with Crippen LogP contribution in [0, 0.1) is 11.2 Å².